The first kappa shape index (κ1) is 13.7. The van der Waals surface area contributed by atoms with Gasteiger partial charge in [0, 0.05) is 17.7 Å². The van der Waals surface area contributed by atoms with Gasteiger partial charge in [0.1, 0.15) is 0 Å². The van der Waals surface area contributed by atoms with Gasteiger partial charge in [-0.1, -0.05) is 20.8 Å². The van der Waals surface area contributed by atoms with E-state index in [0.717, 1.165) is 12.2 Å². The number of amides is 1. The molecule has 0 unspecified atom stereocenters. The van der Waals surface area contributed by atoms with Gasteiger partial charge in [-0.15, -0.1) is 0 Å². The molecule has 0 aliphatic carbocycles. The minimum absolute atomic E-state index is 0.0794. The zero-order valence-electron chi connectivity index (χ0n) is 11.7. The summed E-state index contributed by atoms with van der Waals surface area (Å²) in [5.74, 6) is 0.0794. The van der Waals surface area contributed by atoms with Crippen LogP contribution in [0.1, 0.15) is 37.7 Å². The van der Waals surface area contributed by atoms with Crippen molar-refractivity contribution in [1.82, 2.24) is 15.1 Å². The van der Waals surface area contributed by atoms with Crippen molar-refractivity contribution < 1.29 is 4.79 Å². The number of rotatable bonds is 3. The molecule has 96 valence electrons. The van der Waals surface area contributed by atoms with Crippen molar-refractivity contribution in [2.75, 3.05) is 6.54 Å². The van der Waals surface area contributed by atoms with E-state index in [1.807, 2.05) is 32.4 Å². The maximum Gasteiger partial charge on any atom is 0.225 e. The van der Waals surface area contributed by atoms with Crippen LogP contribution in [0.5, 0.6) is 0 Å². The maximum absolute atomic E-state index is 11.7. The molecule has 0 aliphatic rings. The molecule has 0 spiro atoms. The Bertz CT molecular complexity index is 413. The first-order valence-electron chi connectivity index (χ1n) is 6.02. The minimum atomic E-state index is -0.328. The second kappa shape index (κ2) is 4.90. The van der Waals surface area contributed by atoms with Crippen LogP contribution in [0.25, 0.3) is 0 Å². The van der Waals surface area contributed by atoms with Gasteiger partial charge in [-0.3, -0.25) is 9.48 Å². The standard InChI is InChI=1S/C13H23N3O/c1-9-10(2)15-16(11(9)3)8-7-14-12(17)13(4,5)6/h7-8H2,1-6H3,(H,14,17). The van der Waals surface area contributed by atoms with Crippen molar-refractivity contribution in [3.05, 3.63) is 17.0 Å². The Hall–Kier alpha value is -1.32. The number of carbonyl (C=O) groups excluding carboxylic acids is 1. The van der Waals surface area contributed by atoms with Crippen LogP contribution in [-0.4, -0.2) is 22.2 Å². The number of aryl methyl sites for hydroxylation is 1. The Morgan fingerprint density at radius 2 is 1.88 bits per heavy atom. The first-order chi connectivity index (χ1) is 7.73. The summed E-state index contributed by atoms with van der Waals surface area (Å²) in [5, 5.41) is 7.36. The van der Waals surface area contributed by atoms with Crippen LogP contribution in [-0.2, 0) is 11.3 Å². The molecule has 0 saturated carbocycles. The molecule has 4 nitrogen and oxygen atoms in total. The molecule has 1 heterocycles. The van der Waals surface area contributed by atoms with Gasteiger partial charge in [0.25, 0.3) is 0 Å². The normalized spacial score (nSPS) is 11.6. The molecule has 1 rings (SSSR count). The molecule has 0 saturated heterocycles. The fourth-order valence-corrected chi connectivity index (χ4v) is 1.54. The number of hydrogen-bond donors (Lipinski definition) is 1. The highest BCUT2D eigenvalue weighted by Crippen LogP contribution is 2.13. The SMILES string of the molecule is Cc1nn(CCNC(=O)C(C)(C)C)c(C)c1C. The average molecular weight is 237 g/mol. The molecule has 0 atom stereocenters. The third-order valence-electron chi connectivity index (χ3n) is 3.03. The Labute approximate surface area is 103 Å². The largest absolute Gasteiger partial charge is 0.354 e. The van der Waals surface area contributed by atoms with E-state index >= 15 is 0 Å². The predicted octanol–water partition coefficient (Wildman–Crippen LogP) is 1.97. The van der Waals surface area contributed by atoms with Crippen molar-refractivity contribution in [2.24, 2.45) is 5.41 Å². The topological polar surface area (TPSA) is 46.9 Å². The van der Waals surface area contributed by atoms with Crippen LogP contribution >= 0.6 is 0 Å². The van der Waals surface area contributed by atoms with Crippen LogP contribution in [0.2, 0.25) is 0 Å². The molecule has 1 aromatic heterocycles. The number of carbonyl (C=O) groups is 1. The zero-order chi connectivity index (χ0) is 13.2. The summed E-state index contributed by atoms with van der Waals surface area (Å²) in [5.41, 5.74) is 3.13. The second-order valence-corrected chi connectivity index (χ2v) is 5.52. The van der Waals surface area contributed by atoms with E-state index in [4.69, 9.17) is 0 Å². The van der Waals surface area contributed by atoms with Crippen molar-refractivity contribution >= 4 is 5.91 Å². The number of aromatic nitrogens is 2. The lowest BCUT2D eigenvalue weighted by atomic mass is 9.96. The fourth-order valence-electron chi connectivity index (χ4n) is 1.54. The Balaban J connectivity index is 2.52. The zero-order valence-corrected chi connectivity index (χ0v) is 11.7. The van der Waals surface area contributed by atoms with Crippen LogP contribution in [0.4, 0.5) is 0 Å². The highest BCUT2D eigenvalue weighted by Gasteiger charge is 2.20. The Morgan fingerprint density at radius 1 is 1.29 bits per heavy atom. The van der Waals surface area contributed by atoms with E-state index in [1.165, 1.54) is 11.3 Å². The van der Waals surface area contributed by atoms with Crippen LogP contribution < -0.4 is 5.32 Å². The molecule has 1 N–H and O–H groups in total. The molecule has 4 heteroatoms. The fraction of sp³-hybridized carbons (Fsp3) is 0.692. The summed E-state index contributed by atoms with van der Waals surface area (Å²) in [4.78, 5) is 11.7. The van der Waals surface area contributed by atoms with Gasteiger partial charge in [-0.25, -0.2) is 0 Å². The smallest absolute Gasteiger partial charge is 0.225 e. The van der Waals surface area contributed by atoms with Gasteiger partial charge < -0.3 is 5.32 Å². The molecule has 0 radical (unpaired) electrons. The first-order valence-corrected chi connectivity index (χ1v) is 6.02. The molecular formula is C13H23N3O. The summed E-state index contributed by atoms with van der Waals surface area (Å²) in [7, 11) is 0. The van der Waals surface area contributed by atoms with Crippen molar-refractivity contribution in [1.29, 1.82) is 0 Å². The molecule has 0 bridgehead atoms. The highest BCUT2D eigenvalue weighted by molar-refractivity contribution is 5.81. The van der Waals surface area contributed by atoms with Gasteiger partial charge in [0.05, 0.1) is 12.2 Å². The van der Waals surface area contributed by atoms with E-state index < -0.39 is 0 Å². The van der Waals surface area contributed by atoms with Crippen molar-refractivity contribution in [2.45, 2.75) is 48.1 Å². The summed E-state index contributed by atoms with van der Waals surface area (Å²) < 4.78 is 1.95. The van der Waals surface area contributed by atoms with Crippen molar-refractivity contribution in [3.63, 3.8) is 0 Å². The van der Waals surface area contributed by atoms with Gasteiger partial charge >= 0.3 is 0 Å². The van der Waals surface area contributed by atoms with Crippen LogP contribution in [0.15, 0.2) is 0 Å². The average Bonchev–Trinajstić information content (AvgIpc) is 2.45. The third kappa shape index (κ3) is 3.32. The van der Waals surface area contributed by atoms with Gasteiger partial charge in [0.2, 0.25) is 5.91 Å². The van der Waals surface area contributed by atoms with Gasteiger partial charge in [-0.05, 0) is 26.3 Å². The van der Waals surface area contributed by atoms with Crippen LogP contribution in [0.3, 0.4) is 0 Å². The van der Waals surface area contributed by atoms with E-state index in [1.54, 1.807) is 0 Å². The molecular weight excluding hydrogens is 214 g/mol. The van der Waals surface area contributed by atoms with E-state index in [9.17, 15) is 4.79 Å². The minimum Gasteiger partial charge on any atom is -0.354 e. The van der Waals surface area contributed by atoms with Gasteiger partial charge in [-0.2, -0.15) is 5.10 Å². The molecule has 0 fully saturated rings. The second-order valence-electron chi connectivity index (χ2n) is 5.52. The Morgan fingerprint density at radius 3 is 2.29 bits per heavy atom. The lowest BCUT2D eigenvalue weighted by Crippen LogP contribution is -2.36. The molecule has 0 aliphatic heterocycles. The van der Waals surface area contributed by atoms with E-state index in [-0.39, 0.29) is 11.3 Å². The molecule has 1 aromatic rings. The van der Waals surface area contributed by atoms with Crippen molar-refractivity contribution in [3.8, 4) is 0 Å². The summed E-state index contributed by atoms with van der Waals surface area (Å²) in [6, 6.07) is 0. The maximum atomic E-state index is 11.7. The molecule has 0 aromatic carbocycles. The number of hydrogen-bond acceptors (Lipinski definition) is 2. The molecule has 17 heavy (non-hydrogen) atoms. The lowest BCUT2D eigenvalue weighted by Gasteiger charge is -2.17. The van der Waals surface area contributed by atoms with E-state index in [2.05, 4.69) is 24.3 Å². The summed E-state index contributed by atoms with van der Waals surface area (Å²) >= 11 is 0. The van der Waals surface area contributed by atoms with Crippen LogP contribution in [0, 0.1) is 26.2 Å². The lowest BCUT2D eigenvalue weighted by molar-refractivity contribution is -0.128. The Kier molecular flexibility index (Phi) is 3.96. The molecule has 1 amide bonds. The monoisotopic (exact) mass is 237 g/mol. The summed E-state index contributed by atoms with van der Waals surface area (Å²) in [6.45, 7) is 13.2. The van der Waals surface area contributed by atoms with E-state index in [0.29, 0.717) is 6.54 Å². The quantitative estimate of drug-likeness (QED) is 0.873. The third-order valence-corrected chi connectivity index (χ3v) is 3.03. The summed E-state index contributed by atoms with van der Waals surface area (Å²) in [6.07, 6.45) is 0. The van der Waals surface area contributed by atoms with Gasteiger partial charge in [0.15, 0.2) is 0 Å². The highest BCUT2D eigenvalue weighted by atomic mass is 16.2. The number of nitrogens with one attached hydrogen (secondary N) is 1. The number of nitrogens with zero attached hydrogens (tertiary/aromatic N) is 2. The predicted molar refractivity (Wildman–Crippen MR) is 68.9 cm³/mol.